The summed E-state index contributed by atoms with van der Waals surface area (Å²) in [7, 11) is -2.35. The summed E-state index contributed by atoms with van der Waals surface area (Å²) >= 11 is 0. The number of ketones is 1. The maximum Gasteiger partial charge on any atom is 0.243 e. The molecular formula is C19H27N3O6S. The molecule has 29 heavy (non-hydrogen) atoms. The summed E-state index contributed by atoms with van der Waals surface area (Å²) in [6.07, 6.45) is 1.15. The van der Waals surface area contributed by atoms with Gasteiger partial charge in [0.15, 0.2) is 5.78 Å². The third-order valence-corrected chi connectivity index (χ3v) is 6.80. The second-order valence-corrected chi connectivity index (χ2v) is 9.02. The molecule has 1 aromatic rings. The van der Waals surface area contributed by atoms with Crippen LogP contribution in [0.3, 0.4) is 0 Å². The average Bonchev–Trinajstić information content (AvgIpc) is 2.88. The molecule has 1 saturated heterocycles. The van der Waals surface area contributed by atoms with Gasteiger partial charge in [0.1, 0.15) is 5.75 Å². The van der Waals surface area contributed by atoms with Crippen molar-refractivity contribution in [2.24, 2.45) is 11.7 Å². The normalized spacial score (nSPS) is 19.2. The van der Waals surface area contributed by atoms with Gasteiger partial charge < -0.3 is 15.8 Å². The first-order chi connectivity index (χ1) is 13.6. The molecule has 2 rings (SSSR count). The summed E-state index contributed by atoms with van der Waals surface area (Å²) in [5, 5.41) is 2.65. The Kier molecular flexibility index (Phi) is 7.74. The van der Waals surface area contributed by atoms with E-state index < -0.39 is 27.9 Å². The highest BCUT2D eigenvalue weighted by atomic mass is 32.2. The number of ether oxygens (including phenoxy) is 1. The Labute approximate surface area is 170 Å². The van der Waals surface area contributed by atoms with E-state index in [1.54, 1.807) is 19.1 Å². The molecule has 0 radical (unpaired) electrons. The number of amides is 2. The number of carbonyl (C=O) groups is 3. The van der Waals surface area contributed by atoms with Gasteiger partial charge in [-0.1, -0.05) is 6.92 Å². The van der Waals surface area contributed by atoms with Crippen LogP contribution in [-0.4, -0.2) is 56.6 Å². The number of nitrogens with zero attached hydrogens (tertiary/aromatic N) is 1. The van der Waals surface area contributed by atoms with Gasteiger partial charge in [0.25, 0.3) is 0 Å². The Morgan fingerprint density at radius 3 is 2.55 bits per heavy atom. The standard InChI is InChI=1S/C19H27N3O6S/c1-13(19(20)25)5-10-18(24)21-16-4-3-11-22(12-17(16)23)29(26,27)15-8-6-14(28-2)7-9-15/h6-9,13,16H,3-5,10-12H2,1-2H3,(H2,20,25)(H,21,24)/t13?,16-/m0/s1. The van der Waals surface area contributed by atoms with Crippen LogP contribution in [0.5, 0.6) is 5.75 Å². The molecular weight excluding hydrogens is 398 g/mol. The van der Waals surface area contributed by atoms with Crippen LogP contribution in [0.15, 0.2) is 29.2 Å². The van der Waals surface area contributed by atoms with Crippen LogP contribution in [0.25, 0.3) is 0 Å². The maximum absolute atomic E-state index is 12.9. The van der Waals surface area contributed by atoms with Crippen molar-refractivity contribution in [3.05, 3.63) is 24.3 Å². The Hall–Kier alpha value is -2.46. The predicted octanol–water partition coefficient (Wildman–Crippen LogP) is 0.435. The predicted molar refractivity (Wildman–Crippen MR) is 106 cm³/mol. The lowest BCUT2D eigenvalue weighted by atomic mass is 10.0. The van der Waals surface area contributed by atoms with Gasteiger partial charge in [-0.25, -0.2) is 8.42 Å². The molecule has 160 valence electrons. The minimum atomic E-state index is -3.83. The Bertz CT molecular complexity index is 853. The molecule has 0 aromatic heterocycles. The Morgan fingerprint density at radius 1 is 1.31 bits per heavy atom. The number of sulfonamides is 1. The van der Waals surface area contributed by atoms with E-state index in [0.717, 1.165) is 4.31 Å². The number of benzene rings is 1. The van der Waals surface area contributed by atoms with Gasteiger partial charge in [-0.05, 0) is 43.5 Å². The first-order valence-electron chi connectivity index (χ1n) is 9.40. The van der Waals surface area contributed by atoms with Gasteiger partial charge in [0, 0.05) is 18.9 Å². The summed E-state index contributed by atoms with van der Waals surface area (Å²) in [4.78, 5) is 35.8. The van der Waals surface area contributed by atoms with Gasteiger partial charge in [-0.3, -0.25) is 14.4 Å². The Balaban J connectivity index is 2.00. The van der Waals surface area contributed by atoms with Crippen molar-refractivity contribution in [1.82, 2.24) is 9.62 Å². The fourth-order valence-corrected chi connectivity index (χ4v) is 4.45. The van der Waals surface area contributed by atoms with Crippen LogP contribution in [0, 0.1) is 5.92 Å². The zero-order valence-corrected chi connectivity index (χ0v) is 17.4. The number of Topliss-reactive ketones (excluding diaryl/α,β-unsaturated/α-hetero) is 1. The van der Waals surface area contributed by atoms with Crippen LogP contribution in [0.4, 0.5) is 0 Å². The smallest absolute Gasteiger partial charge is 0.243 e. The molecule has 2 amide bonds. The average molecular weight is 426 g/mol. The molecule has 1 aromatic carbocycles. The number of nitrogens with two attached hydrogens (primary N) is 1. The van der Waals surface area contributed by atoms with E-state index >= 15 is 0 Å². The van der Waals surface area contributed by atoms with Crippen molar-refractivity contribution in [2.75, 3.05) is 20.2 Å². The van der Waals surface area contributed by atoms with Crippen molar-refractivity contribution < 1.29 is 27.5 Å². The van der Waals surface area contributed by atoms with Crippen molar-refractivity contribution in [3.8, 4) is 5.75 Å². The number of rotatable bonds is 8. The van der Waals surface area contributed by atoms with E-state index in [4.69, 9.17) is 10.5 Å². The zero-order valence-electron chi connectivity index (χ0n) is 16.6. The topological polar surface area (TPSA) is 136 Å². The highest BCUT2D eigenvalue weighted by molar-refractivity contribution is 7.89. The number of carbonyl (C=O) groups excluding carboxylic acids is 3. The Morgan fingerprint density at radius 2 is 1.97 bits per heavy atom. The lowest BCUT2D eigenvalue weighted by Gasteiger charge is -2.20. The van der Waals surface area contributed by atoms with E-state index in [9.17, 15) is 22.8 Å². The molecule has 0 saturated carbocycles. The highest BCUT2D eigenvalue weighted by Gasteiger charge is 2.33. The SMILES string of the molecule is COc1ccc(S(=O)(=O)N2CCC[C@H](NC(=O)CCC(C)C(N)=O)C(=O)C2)cc1. The minimum absolute atomic E-state index is 0.0712. The van der Waals surface area contributed by atoms with Crippen LogP contribution < -0.4 is 15.8 Å². The molecule has 1 fully saturated rings. The van der Waals surface area contributed by atoms with Gasteiger partial charge in [-0.15, -0.1) is 0 Å². The summed E-state index contributed by atoms with van der Waals surface area (Å²) in [5.74, 6) is -1.11. The summed E-state index contributed by atoms with van der Waals surface area (Å²) < 4.78 is 31.9. The fraction of sp³-hybridized carbons (Fsp3) is 0.526. The molecule has 0 bridgehead atoms. The fourth-order valence-electron chi connectivity index (χ4n) is 3.01. The summed E-state index contributed by atoms with van der Waals surface area (Å²) in [6.45, 7) is 1.51. The van der Waals surface area contributed by atoms with Gasteiger partial charge in [0.05, 0.1) is 24.6 Å². The van der Waals surface area contributed by atoms with E-state index in [0.29, 0.717) is 25.0 Å². The number of hydrogen-bond donors (Lipinski definition) is 2. The monoisotopic (exact) mass is 425 g/mol. The molecule has 1 aliphatic rings. The van der Waals surface area contributed by atoms with Crippen molar-refractivity contribution in [1.29, 1.82) is 0 Å². The second-order valence-electron chi connectivity index (χ2n) is 7.08. The van der Waals surface area contributed by atoms with E-state index in [2.05, 4.69) is 5.32 Å². The molecule has 1 aliphatic heterocycles. The number of methoxy groups -OCH3 is 1. The van der Waals surface area contributed by atoms with E-state index in [1.165, 1.54) is 19.2 Å². The van der Waals surface area contributed by atoms with Crippen molar-refractivity contribution >= 4 is 27.6 Å². The lowest BCUT2D eigenvalue weighted by molar-refractivity contribution is -0.128. The third kappa shape index (κ3) is 6.01. The molecule has 3 N–H and O–H groups in total. The van der Waals surface area contributed by atoms with Crippen LogP contribution in [0.1, 0.15) is 32.6 Å². The number of primary amides is 1. The van der Waals surface area contributed by atoms with Gasteiger partial charge in [0.2, 0.25) is 21.8 Å². The van der Waals surface area contributed by atoms with Crippen LogP contribution in [-0.2, 0) is 24.4 Å². The van der Waals surface area contributed by atoms with Crippen molar-refractivity contribution in [3.63, 3.8) is 0 Å². The third-order valence-electron chi connectivity index (χ3n) is 4.94. The number of nitrogens with one attached hydrogen (secondary N) is 1. The van der Waals surface area contributed by atoms with E-state index in [1.807, 2.05) is 0 Å². The largest absolute Gasteiger partial charge is 0.497 e. The molecule has 9 nitrogen and oxygen atoms in total. The lowest BCUT2D eigenvalue weighted by Crippen LogP contribution is -2.44. The molecule has 1 heterocycles. The molecule has 2 atom stereocenters. The van der Waals surface area contributed by atoms with Crippen molar-refractivity contribution in [2.45, 2.75) is 43.5 Å². The quantitative estimate of drug-likeness (QED) is 0.620. The van der Waals surface area contributed by atoms with Crippen LogP contribution in [0.2, 0.25) is 0 Å². The molecule has 0 spiro atoms. The van der Waals surface area contributed by atoms with Gasteiger partial charge >= 0.3 is 0 Å². The maximum atomic E-state index is 12.9. The molecule has 10 heteroatoms. The van der Waals surface area contributed by atoms with Crippen LogP contribution >= 0.6 is 0 Å². The summed E-state index contributed by atoms with van der Waals surface area (Å²) in [5.41, 5.74) is 5.18. The zero-order chi connectivity index (χ0) is 21.6. The first-order valence-corrected chi connectivity index (χ1v) is 10.8. The van der Waals surface area contributed by atoms with E-state index in [-0.39, 0.29) is 36.1 Å². The summed E-state index contributed by atoms with van der Waals surface area (Å²) in [6, 6.07) is 5.21. The molecule has 0 aliphatic carbocycles. The van der Waals surface area contributed by atoms with Gasteiger partial charge in [-0.2, -0.15) is 4.31 Å². The highest BCUT2D eigenvalue weighted by Crippen LogP contribution is 2.22. The minimum Gasteiger partial charge on any atom is -0.497 e. The second kappa shape index (κ2) is 9.84. The molecule has 1 unspecified atom stereocenters. The first kappa shape index (κ1) is 22.8. The number of hydrogen-bond acceptors (Lipinski definition) is 6.